The summed E-state index contributed by atoms with van der Waals surface area (Å²) < 4.78 is 18.8. The lowest BCUT2D eigenvalue weighted by Gasteiger charge is -2.33. The summed E-state index contributed by atoms with van der Waals surface area (Å²) in [5.41, 5.74) is 4.37. The zero-order chi connectivity index (χ0) is 23.9. The van der Waals surface area contributed by atoms with E-state index in [4.69, 9.17) is 4.74 Å². The number of hydrogen-bond acceptors (Lipinski definition) is 3. The van der Waals surface area contributed by atoms with Crippen LogP contribution in [0.15, 0.2) is 78.9 Å². The third kappa shape index (κ3) is 6.24. The van der Waals surface area contributed by atoms with Gasteiger partial charge in [-0.05, 0) is 92.6 Å². The second-order valence-corrected chi connectivity index (χ2v) is 10.0. The van der Waals surface area contributed by atoms with Gasteiger partial charge >= 0.3 is 0 Å². The largest absolute Gasteiger partial charge is 0.492 e. The van der Waals surface area contributed by atoms with E-state index in [9.17, 15) is 4.39 Å². The fourth-order valence-corrected chi connectivity index (χ4v) is 5.76. The number of nitrogens with zero attached hydrogens (tertiary/aromatic N) is 2. The molecule has 2 aliphatic heterocycles. The average molecular weight is 473 g/mol. The summed E-state index contributed by atoms with van der Waals surface area (Å²) in [6.07, 6.45) is 6.25. The summed E-state index contributed by atoms with van der Waals surface area (Å²) in [5.74, 6) is 1.81. The van der Waals surface area contributed by atoms with E-state index < -0.39 is 0 Å². The minimum absolute atomic E-state index is 0.223. The quantitative estimate of drug-likeness (QED) is 0.361. The topological polar surface area (TPSA) is 15.7 Å². The Morgan fingerprint density at radius 2 is 1.51 bits per heavy atom. The maximum atomic E-state index is 13.0. The summed E-state index contributed by atoms with van der Waals surface area (Å²) in [4.78, 5) is 5.16. The van der Waals surface area contributed by atoms with Crippen LogP contribution in [-0.4, -0.2) is 44.2 Å². The minimum atomic E-state index is -0.223. The molecule has 2 aliphatic rings. The lowest BCUT2D eigenvalue weighted by Crippen LogP contribution is -2.37. The zero-order valence-corrected chi connectivity index (χ0v) is 20.6. The summed E-state index contributed by atoms with van der Waals surface area (Å²) >= 11 is 0. The number of likely N-dealkylation sites (tertiary alicyclic amines) is 1. The highest BCUT2D eigenvalue weighted by molar-refractivity contribution is 5.58. The van der Waals surface area contributed by atoms with Crippen molar-refractivity contribution in [2.75, 3.05) is 44.2 Å². The summed E-state index contributed by atoms with van der Waals surface area (Å²) in [5, 5.41) is 0. The molecule has 1 unspecified atom stereocenters. The predicted molar refractivity (Wildman–Crippen MR) is 142 cm³/mol. The van der Waals surface area contributed by atoms with Gasteiger partial charge in [0.05, 0.1) is 0 Å². The Labute approximate surface area is 209 Å². The minimum Gasteiger partial charge on any atom is -0.492 e. The molecule has 0 amide bonds. The van der Waals surface area contributed by atoms with Gasteiger partial charge in [-0.15, -0.1) is 0 Å². The summed E-state index contributed by atoms with van der Waals surface area (Å²) in [7, 11) is 0. The summed E-state index contributed by atoms with van der Waals surface area (Å²) in [6.45, 7) is 6.18. The molecule has 0 N–H and O–H groups in total. The molecule has 5 rings (SSSR count). The van der Waals surface area contributed by atoms with Crippen LogP contribution in [0.4, 0.5) is 10.1 Å². The Kier molecular flexibility index (Phi) is 7.99. The van der Waals surface area contributed by atoms with Crippen molar-refractivity contribution in [1.29, 1.82) is 0 Å². The first-order valence-corrected chi connectivity index (χ1v) is 13.3. The van der Waals surface area contributed by atoms with Crippen molar-refractivity contribution in [2.45, 2.75) is 38.0 Å². The molecule has 4 heteroatoms. The zero-order valence-electron chi connectivity index (χ0n) is 20.6. The molecule has 0 radical (unpaired) electrons. The molecule has 0 aromatic heterocycles. The van der Waals surface area contributed by atoms with Crippen molar-refractivity contribution < 1.29 is 9.13 Å². The Bertz CT molecular complexity index is 1050. The number of para-hydroxylation sites is 1. The van der Waals surface area contributed by atoms with Crippen molar-refractivity contribution in [3.8, 4) is 5.75 Å². The van der Waals surface area contributed by atoms with Gasteiger partial charge in [0.2, 0.25) is 0 Å². The molecule has 184 valence electrons. The Morgan fingerprint density at radius 1 is 0.771 bits per heavy atom. The fourth-order valence-electron chi connectivity index (χ4n) is 5.76. The van der Waals surface area contributed by atoms with E-state index >= 15 is 0 Å². The Balaban J connectivity index is 1.11. The number of hydrogen-bond donors (Lipinski definition) is 0. The highest BCUT2D eigenvalue weighted by Crippen LogP contribution is 2.38. The SMILES string of the molecule is Fc1ccc(OCCN2CCC(CCN3CCCC(c4ccccc4)c4ccccc43)CC2)cc1. The maximum absolute atomic E-state index is 13.0. The number of ether oxygens (including phenoxy) is 1. The molecule has 1 atom stereocenters. The molecule has 0 bridgehead atoms. The molecule has 3 aromatic rings. The number of piperidine rings is 1. The standard InChI is InChI=1S/C31H37FN2O/c32-27-12-14-28(15-13-27)35-24-23-33-20-16-25(17-21-33)18-22-34-19-6-10-29(26-7-2-1-3-8-26)30-9-4-5-11-31(30)34/h1-5,7-9,11-15,25,29H,6,10,16-24H2. The number of halogens is 1. The first-order valence-electron chi connectivity index (χ1n) is 13.3. The molecule has 1 fully saturated rings. The third-order valence-electron chi connectivity index (χ3n) is 7.78. The summed E-state index contributed by atoms with van der Waals surface area (Å²) in [6, 6.07) is 26.4. The molecule has 3 aromatic carbocycles. The van der Waals surface area contributed by atoms with Crippen molar-refractivity contribution in [3.63, 3.8) is 0 Å². The molecule has 0 spiro atoms. The molecule has 1 saturated heterocycles. The van der Waals surface area contributed by atoms with Crippen LogP contribution in [0.3, 0.4) is 0 Å². The van der Waals surface area contributed by atoms with Crippen LogP contribution in [0.2, 0.25) is 0 Å². The molecule has 2 heterocycles. The van der Waals surface area contributed by atoms with Crippen LogP contribution in [0.5, 0.6) is 5.75 Å². The van der Waals surface area contributed by atoms with Crippen LogP contribution in [0.1, 0.15) is 49.1 Å². The molecule has 0 saturated carbocycles. The van der Waals surface area contributed by atoms with Gasteiger partial charge in [0, 0.05) is 31.2 Å². The lowest BCUT2D eigenvalue weighted by atomic mass is 9.87. The maximum Gasteiger partial charge on any atom is 0.123 e. The van der Waals surface area contributed by atoms with Gasteiger partial charge in [-0.2, -0.15) is 0 Å². The van der Waals surface area contributed by atoms with Crippen molar-refractivity contribution in [2.24, 2.45) is 5.92 Å². The van der Waals surface area contributed by atoms with Gasteiger partial charge in [-0.1, -0.05) is 48.5 Å². The van der Waals surface area contributed by atoms with E-state index in [1.165, 1.54) is 61.1 Å². The van der Waals surface area contributed by atoms with Gasteiger partial charge in [0.25, 0.3) is 0 Å². The number of fused-ring (bicyclic) bond motifs is 1. The molecular weight excluding hydrogens is 435 g/mol. The predicted octanol–water partition coefficient (Wildman–Crippen LogP) is 6.74. The molecule has 3 nitrogen and oxygen atoms in total. The average Bonchev–Trinajstić information content (AvgIpc) is 3.09. The number of anilines is 1. The Hall–Kier alpha value is -2.85. The third-order valence-corrected chi connectivity index (χ3v) is 7.78. The normalized spacial score (nSPS) is 19.2. The first-order chi connectivity index (χ1) is 17.3. The van der Waals surface area contributed by atoms with Gasteiger partial charge in [-0.3, -0.25) is 4.90 Å². The first kappa shape index (κ1) is 23.9. The van der Waals surface area contributed by atoms with Crippen LogP contribution in [-0.2, 0) is 0 Å². The van der Waals surface area contributed by atoms with E-state index in [2.05, 4.69) is 64.4 Å². The highest BCUT2D eigenvalue weighted by Gasteiger charge is 2.25. The second-order valence-electron chi connectivity index (χ2n) is 10.0. The van der Waals surface area contributed by atoms with E-state index in [1.807, 2.05) is 0 Å². The van der Waals surface area contributed by atoms with Crippen LogP contribution in [0.25, 0.3) is 0 Å². The van der Waals surface area contributed by atoms with Crippen LogP contribution < -0.4 is 9.64 Å². The van der Waals surface area contributed by atoms with Crippen molar-refractivity contribution >= 4 is 5.69 Å². The second kappa shape index (κ2) is 11.7. The smallest absolute Gasteiger partial charge is 0.123 e. The number of rotatable bonds is 8. The van der Waals surface area contributed by atoms with Crippen molar-refractivity contribution in [3.05, 3.63) is 95.8 Å². The lowest BCUT2D eigenvalue weighted by molar-refractivity contribution is 0.152. The monoisotopic (exact) mass is 472 g/mol. The van der Waals surface area contributed by atoms with Gasteiger partial charge in [0.15, 0.2) is 0 Å². The van der Waals surface area contributed by atoms with Crippen molar-refractivity contribution in [1.82, 2.24) is 4.90 Å². The van der Waals surface area contributed by atoms with Crippen LogP contribution >= 0.6 is 0 Å². The molecule has 35 heavy (non-hydrogen) atoms. The van der Waals surface area contributed by atoms with E-state index in [0.717, 1.165) is 44.4 Å². The van der Waals surface area contributed by atoms with E-state index in [0.29, 0.717) is 12.5 Å². The fraction of sp³-hybridized carbons (Fsp3) is 0.419. The molecular formula is C31H37FN2O. The van der Waals surface area contributed by atoms with Gasteiger partial charge in [-0.25, -0.2) is 4.39 Å². The molecule has 0 aliphatic carbocycles. The van der Waals surface area contributed by atoms with Crippen LogP contribution in [0, 0.1) is 11.7 Å². The Morgan fingerprint density at radius 3 is 2.31 bits per heavy atom. The highest BCUT2D eigenvalue weighted by atomic mass is 19.1. The van der Waals surface area contributed by atoms with Gasteiger partial charge < -0.3 is 9.64 Å². The van der Waals surface area contributed by atoms with E-state index in [-0.39, 0.29) is 5.82 Å². The van der Waals surface area contributed by atoms with E-state index in [1.54, 1.807) is 12.1 Å². The number of benzene rings is 3. The van der Waals surface area contributed by atoms with Gasteiger partial charge in [0.1, 0.15) is 18.2 Å².